The highest BCUT2D eigenvalue weighted by Gasteiger charge is 2.60. The number of benzene rings is 1. The molecule has 2 aliphatic heterocycles. The number of rotatable bonds is 11. The minimum absolute atomic E-state index is 0.0480. The van der Waals surface area contributed by atoms with Crippen molar-refractivity contribution in [2.24, 2.45) is 11.8 Å². The molecule has 0 spiro atoms. The number of fused-ring (bicyclic) bond motifs is 5. The van der Waals surface area contributed by atoms with Crippen LogP contribution >= 0.6 is 0 Å². The summed E-state index contributed by atoms with van der Waals surface area (Å²) >= 11 is 0. The van der Waals surface area contributed by atoms with E-state index in [4.69, 9.17) is 9.47 Å². The quantitative estimate of drug-likeness (QED) is 0.316. The van der Waals surface area contributed by atoms with Gasteiger partial charge in [0, 0.05) is 12.8 Å². The molecule has 0 unspecified atom stereocenters. The zero-order valence-electron chi connectivity index (χ0n) is 21.5. The Morgan fingerprint density at radius 3 is 2.06 bits per heavy atom. The fraction of sp³-hybridized carbons (Fsp3) is 0.621. The third-order valence-corrected chi connectivity index (χ3v) is 7.79. The predicted molar refractivity (Wildman–Crippen MR) is 133 cm³/mol. The number of hydrogen-bond acceptors (Lipinski definition) is 6. The molecule has 2 heterocycles. The van der Waals surface area contributed by atoms with E-state index in [1.54, 1.807) is 0 Å². The van der Waals surface area contributed by atoms with Gasteiger partial charge < -0.3 is 14.2 Å². The first-order valence-corrected chi connectivity index (χ1v) is 13.2. The second-order valence-corrected chi connectivity index (χ2v) is 10.1. The zero-order valence-corrected chi connectivity index (χ0v) is 21.5. The molecule has 190 valence electrons. The van der Waals surface area contributed by atoms with Crippen molar-refractivity contribution in [2.45, 2.75) is 97.2 Å². The van der Waals surface area contributed by atoms with Crippen molar-refractivity contribution in [1.29, 1.82) is 0 Å². The molecule has 4 rings (SSSR count). The number of methoxy groups -OCH3 is 1. The van der Waals surface area contributed by atoms with Crippen LogP contribution in [0.2, 0.25) is 0 Å². The number of carbonyl (C=O) groups is 3. The predicted octanol–water partition coefficient (Wildman–Crippen LogP) is 5.26. The van der Waals surface area contributed by atoms with Crippen molar-refractivity contribution in [2.75, 3.05) is 7.11 Å². The van der Waals surface area contributed by atoms with Crippen LogP contribution in [0.25, 0.3) is 5.57 Å². The molecular weight excluding hydrogens is 444 g/mol. The summed E-state index contributed by atoms with van der Waals surface area (Å²) in [5, 5.41) is 0. The lowest BCUT2D eigenvalue weighted by Crippen LogP contribution is -2.29. The summed E-state index contributed by atoms with van der Waals surface area (Å²) in [4.78, 5) is 38.0. The number of unbranched alkanes of at least 4 members (excludes halogenated alkanes) is 3. The second-order valence-electron chi connectivity index (χ2n) is 10.1. The van der Waals surface area contributed by atoms with E-state index >= 15 is 0 Å². The highest BCUT2D eigenvalue weighted by molar-refractivity contribution is 6.26. The van der Waals surface area contributed by atoms with E-state index in [0.29, 0.717) is 30.6 Å². The third kappa shape index (κ3) is 5.09. The van der Waals surface area contributed by atoms with Crippen LogP contribution in [0.3, 0.4) is 0 Å². The number of esters is 2. The largest absolute Gasteiger partial charge is 0.469 e. The number of ether oxygens (including phenoxy) is 3. The van der Waals surface area contributed by atoms with Crippen LogP contribution in [0.5, 0.6) is 0 Å². The Bertz CT molecular complexity index is 997. The van der Waals surface area contributed by atoms with Gasteiger partial charge in [0.2, 0.25) is 0 Å². The van der Waals surface area contributed by atoms with Crippen LogP contribution in [0.1, 0.15) is 87.5 Å². The lowest BCUT2D eigenvalue weighted by atomic mass is 9.80. The number of allylic oxidation sites excluding steroid dienone is 1. The molecule has 4 atom stereocenters. The molecule has 0 N–H and O–H groups in total. The fourth-order valence-corrected chi connectivity index (χ4v) is 6.15. The molecule has 1 aliphatic carbocycles. The Morgan fingerprint density at radius 1 is 0.914 bits per heavy atom. The smallest absolute Gasteiger partial charge is 0.310 e. The summed E-state index contributed by atoms with van der Waals surface area (Å²) in [6.07, 6.45) is 7.16. The Kier molecular flexibility index (Phi) is 8.10. The average Bonchev–Trinajstić information content (AvgIpc) is 3.54. The lowest BCUT2D eigenvalue weighted by molar-refractivity contribution is -0.141. The van der Waals surface area contributed by atoms with Crippen LogP contribution in [-0.2, 0) is 41.4 Å². The zero-order chi connectivity index (χ0) is 25.1. The van der Waals surface area contributed by atoms with Crippen molar-refractivity contribution in [3.63, 3.8) is 0 Å². The van der Waals surface area contributed by atoms with E-state index in [1.165, 1.54) is 12.7 Å². The molecule has 3 aliphatic rings. The molecule has 0 radical (unpaired) electrons. The molecule has 6 heteroatoms. The van der Waals surface area contributed by atoms with Crippen molar-refractivity contribution in [3.8, 4) is 0 Å². The molecular formula is C29H38O6. The van der Waals surface area contributed by atoms with Gasteiger partial charge in [-0.25, -0.2) is 0 Å². The van der Waals surface area contributed by atoms with Gasteiger partial charge in [-0.3, -0.25) is 14.4 Å². The first kappa shape index (κ1) is 25.6. The Hall–Kier alpha value is -2.47. The van der Waals surface area contributed by atoms with Gasteiger partial charge in [0.25, 0.3) is 0 Å². The fourth-order valence-electron chi connectivity index (χ4n) is 6.15. The van der Waals surface area contributed by atoms with Crippen molar-refractivity contribution < 1.29 is 28.6 Å². The first-order chi connectivity index (χ1) is 16.9. The minimum atomic E-state index is -0.287. The van der Waals surface area contributed by atoms with Gasteiger partial charge in [-0.15, -0.1) is 0 Å². The van der Waals surface area contributed by atoms with Gasteiger partial charge in [0.05, 0.1) is 36.7 Å². The van der Waals surface area contributed by atoms with E-state index < -0.39 is 0 Å². The molecule has 2 fully saturated rings. The van der Waals surface area contributed by atoms with Crippen molar-refractivity contribution >= 4 is 23.3 Å². The molecule has 2 bridgehead atoms. The van der Waals surface area contributed by atoms with E-state index in [1.807, 2.05) is 0 Å². The van der Waals surface area contributed by atoms with Crippen molar-refractivity contribution in [3.05, 3.63) is 40.1 Å². The topological polar surface area (TPSA) is 78.9 Å². The van der Waals surface area contributed by atoms with E-state index in [9.17, 15) is 14.4 Å². The highest BCUT2D eigenvalue weighted by Crippen LogP contribution is 2.55. The Balaban J connectivity index is 1.56. The van der Waals surface area contributed by atoms with E-state index in [0.717, 1.165) is 61.6 Å². The SMILES string of the molecule is CCc1cc(C)cc(CC)c1C1=C(OC(=O)CCCCCCC(=O)OC)[C@H]2[C@@H](C1=O)[C@@H]1CC[C@H]2O1. The number of carbonyl (C=O) groups excluding carboxylic acids is 3. The standard InChI is InChI=1S/C29H38O6/c1-5-18-15-17(3)16-19(6-2)24(18)27-28(32)25-20-13-14-21(34-20)26(25)29(27)35-23(31)12-10-8-7-9-11-22(30)33-4/h15-16,20-21,25-26H,5-14H2,1-4H3/t20-,21+,25-,26+/m0/s1. The molecule has 35 heavy (non-hydrogen) atoms. The van der Waals surface area contributed by atoms with Gasteiger partial charge in [0.15, 0.2) is 5.78 Å². The molecule has 0 aromatic heterocycles. The monoisotopic (exact) mass is 482 g/mol. The molecule has 0 amide bonds. The van der Waals surface area contributed by atoms with Gasteiger partial charge >= 0.3 is 11.9 Å². The Morgan fingerprint density at radius 2 is 1.49 bits per heavy atom. The van der Waals surface area contributed by atoms with Crippen LogP contribution in [0.4, 0.5) is 0 Å². The maximum atomic E-state index is 13.8. The van der Waals surface area contributed by atoms with Gasteiger partial charge in [0.1, 0.15) is 5.76 Å². The van der Waals surface area contributed by atoms with Crippen LogP contribution in [0, 0.1) is 18.8 Å². The maximum Gasteiger partial charge on any atom is 0.310 e. The van der Waals surface area contributed by atoms with Gasteiger partial charge in [-0.1, -0.05) is 44.4 Å². The van der Waals surface area contributed by atoms with Gasteiger partial charge in [-0.05, 0) is 62.1 Å². The third-order valence-electron chi connectivity index (χ3n) is 7.79. The normalized spacial score (nSPS) is 24.7. The summed E-state index contributed by atoms with van der Waals surface area (Å²) in [5.41, 5.74) is 5.06. The number of ketones is 1. The molecule has 6 nitrogen and oxygen atoms in total. The summed E-state index contributed by atoms with van der Waals surface area (Å²) in [5.74, 6) is -0.245. The molecule has 1 aromatic carbocycles. The second kappa shape index (κ2) is 11.1. The Labute approximate surface area is 208 Å². The summed E-state index contributed by atoms with van der Waals surface area (Å²) in [7, 11) is 1.39. The number of hydrogen-bond donors (Lipinski definition) is 0. The summed E-state index contributed by atoms with van der Waals surface area (Å²) in [6.45, 7) is 6.30. The minimum Gasteiger partial charge on any atom is -0.469 e. The van der Waals surface area contributed by atoms with Crippen LogP contribution in [0.15, 0.2) is 17.9 Å². The number of Topliss-reactive ketones (excluding diaryl/α,β-unsaturated/α-hetero) is 1. The average molecular weight is 483 g/mol. The maximum absolute atomic E-state index is 13.8. The summed E-state index contributed by atoms with van der Waals surface area (Å²) < 4.78 is 16.8. The van der Waals surface area contributed by atoms with Crippen LogP contribution < -0.4 is 0 Å². The molecule has 1 aromatic rings. The highest BCUT2D eigenvalue weighted by atomic mass is 16.5. The lowest BCUT2D eigenvalue weighted by Gasteiger charge is -2.22. The molecule has 0 saturated carbocycles. The van der Waals surface area contributed by atoms with Crippen molar-refractivity contribution in [1.82, 2.24) is 0 Å². The first-order valence-electron chi connectivity index (χ1n) is 13.2. The van der Waals surface area contributed by atoms with Gasteiger partial charge in [-0.2, -0.15) is 0 Å². The summed E-state index contributed by atoms with van der Waals surface area (Å²) in [6, 6.07) is 4.31. The van der Waals surface area contributed by atoms with Crippen LogP contribution in [-0.4, -0.2) is 37.0 Å². The molecule has 2 saturated heterocycles. The number of aryl methyl sites for hydroxylation is 3. The van der Waals surface area contributed by atoms with E-state index in [2.05, 4.69) is 37.6 Å². The van der Waals surface area contributed by atoms with E-state index in [-0.39, 0.29) is 41.8 Å².